The molecule has 2 heterocycles. The third kappa shape index (κ3) is 4.54. The highest BCUT2D eigenvalue weighted by Crippen LogP contribution is 2.27. The van der Waals surface area contributed by atoms with Gasteiger partial charge in [0.2, 0.25) is 11.8 Å². The highest BCUT2D eigenvalue weighted by atomic mass is 32.2. The van der Waals surface area contributed by atoms with Crippen LogP contribution in [0.2, 0.25) is 0 Å². The second kappa shape index (κ2) is 7.91. The van der Waals surface area contributed by atoms with E-state index in [1.165, 1.54) is 18.2 Å². The second-order valence-corrected chi connectivity index (χ2v) is 7.57. The molecular formula is C18H23N3O3S. The summed E-state index contributed by atoms with van der Waals surface area (Å²) >= 11 is 1.29. The molecule has 1 aromatic heterocycles. The van der Waals surface area contributed by atoms with Crippen molar-refractivity contribution >= 4 is 17.7 Å². The number of thioether (sulfide) groups is 1. The van der Waals surface area contributed by atoms with Gasteiger partial charge in [0, 0.05) is 18.7 Å². The second-order valence-electron chi connectivity index (χ2n) is 6.64. The van der Waals surface area contributed by atoms with Crippen LogP contribution in [0.3, 0.4) is 0 Å². The molecule has 0 radical (unpaired) electrons. The van der Waals surface area contributed by atoms with Crippen molar-refractivity contribution in [3.8, 4) is 17.2 Å². The maximum absolute atomic E-state index is 12.4. The van der Waals surface area contributed by atoms with E-state index in [1.54, 1.807) is 7.11 Å². The van der Waals surface area contributed by atoms with Gasteiger partial charge in [-0.25, -0.2) is 0 Å². The number of nitrogens with zero attached hydrogens (tertiary/aromatic N) is 3. The van der Waals surface area contributed by atoms with E-state index in [-0.39, 0.29) is 5.91 Å². The Bertz CT molecular complexity index is 724. The normalized spacial score (nSPS) is 20.5. The quantitative estimate of drug-likeness (QED) is 0.761. The number of carbonyl (C=O) groups is 1. The van der Waals surface area contributed by atoms with E-state index < -0.39 is 0 Å². The molecule has 0 spiro atoms. The highest BCUT2D eigenvalue weighted by Gasteiger charge is 2.25. The van der Waals surface area contributed by atoms with E-state index >= 15 is 0 Å². The first-order valence-electron chi connectivity index (χ1n) is 8.43. The van der Waals surface area contributed by atoms with Gasteiger partial charge < -0.3 is 14.1 Å². The average Bonchev–Trinajstić information content (AvgIpc) is 3.08. The molecule has 0 bridgehead atoms. The molecule has 0 N–H and O–H groups in total. The number of rotatable bonds is 5. The largest absolute Gasteiger partial charge is 0.497 e. The van der Waals surface area contributed by atoms with E-state index in [4.69, 9.17) is 9.15 Å². The fraction of sp³-hybridized carbons (Fsp3) is 0.500. The topological polar surface area (TPSA) is 68.5 Å². The molecule has 25 heavy (non-hydrogen) atoms. The van der Waals surface area contributed by atoms with Gasteiger partial charge in [-0.1, -0.05) is 31.7 Å². The molecule has 134 valence electrons. The fourth-order valence-electron chi connectivity index (χ4n) is 3.22. The summed E-state index contributed by atoms with van der Waals surface area (Å²) in [5.74, 6) is 2.72. The highest BCUT2D eigenvalue weighted by molar-refractivity contribution is 7.99. The number of benzene rings is 1. The summed E-state index contributed by atoms with van der Waals surface area (Å²) in [5.41, 5.74) is 0.795. The fourth-order valence-corrected chi connectivity index (χ4v) is 3.89. The molecule has 1 saturated heterocycles. The van der Waals surface area contributed by atoms with Gasteiger partial charge in [-0.2, -0.15) is 0 Å². The molecule has 0 saturated carbocycles. The maximum Gasteiger partial charge on any atom is 0.277 e. The van der Waals surface area contributed by atoms with E-state index in [1.807, 2.05) is 29.2 Å². The van der Waals surface area contributed by atoms with Crippen LogP contribution in [-0.2, 0) is 4.79 Å². The molecular weight excluding hydrogens is 338 g/mol. The van der Waals surface area contributed by atoms with Crippen molar-refractivity contribution in [2.24, 2.45) is 11.8 Å². The molecule has 3 rings (SSSR count). The first-order chi connectivity index (χ1) is 12.0. The van der Waals surface area contributed by atoms with Crippen LogP contribution < -0.4 is 4.74 Å². The van der Waals surface area contributed by atoms with Crippen LogP contribution in [-0.4, -0.2) is 47.0 Å². The third-order valence-corrected chi connectivity index (χ3v) is 5.07. The number of carbonyl (C=O) groups excluding carboxylic acids is 1. The number of hydrogen-bond donors (Lipinski definition) is 0. The lowest BCUT2D eigenvalue weighted by molar-refractivity contribution is -0.130. The van der Waals surface area contributed by atoms with Crippen molar-refractivity contribution in [1.82, 2.24) is 15.1 Å². The van der Waals surface area contributed by atoms with Gasteiger partial charge in [0.15, 0.2) is 0 Å². The van der Waals surface area contributed by atoms with Crippen molar-refractivity contribution in [2.75, 3.05) is 26.0 Å². The predicted octanol–water partition coefficient (Wildman–Crippen LogP) is 3.34. The average molecular weight is 361 g/mol. The summed E-state index contributed by atoms with van der Waals surface area (Å²) in [5, 5.41) is 8.49. The lowest BCUT2D eigenvalue weighted by Crippen LogP contribution is -2.43. The molecule has 1 aliphatic heterocycles. The third-order valence-electron chi connectivity index (χ3n) is 4.26. The summed E-state index contributed by atoms with van der Waals surface area (Å²) in [6.07, 6.45) is 1.19. The van der Waals surface area contributed by atoms with Crippen molar-refractivity contribution in [3.05, 3.63) is 24.3 Å². The molecule has 7 heteroatoms. The number of ether oxygens (including phenoxy) is 1. The lowest BCUT2D eigenvalue weighted by atomic mass is 9.92. The summed E-state index contributed by atoms with van der Waals surface area (Å²) < 4.78 is 10.9. The maximum atomic E-state index is 12.4. The minimum absolute atomic E-state index is 0.129. The van der Waals surface area contributed by atoms with Gasteiger partial charge in [0.1, 0.15) is 5.75 Å². The minimum atomic E-state index is 0.129. The van der Waals surface area contributed by atoms with Gasteiger partial charge in [-0.15, -0.1) is 10.2 Å². The van der Waals surface area contributed by atoms with Gasteiger partial charge >= 0.3 is 0 Å². The van der Waals surface area contributed by atoms with E-state index in [2.05, 4.69) is 24.0 Å². The Kier molecular flexibility index (Phi) is 5.63. The molecule has 6 nitrogen and oxygen atoms in total. The molecule has 0 unspecified atom stereocenters. The monoisotopic (exact) mass is 361 g/mol. The summed E-state index contributed by atoms with van der Waals surface area (Å²) in [4.78, 5) is 14.4. The van der Waals surface area contributed by atoms with Crippen molar-refractivity contribution < 1.29 is 13.9 Å². The lowest BCUT2D eigenvalue weighted by Gasteiger charge is -2.34. The molecule has 1 amide bonds. The number of methoxy groups -OCH3 is 1. The van der Waals surface area contributed by atoms with E-state index in [9.17, 15) is 4.79 Å². The van der Waals surface area contributed by atoms with Crippen LogP contribution in [0, 0.1) is 11.8 Å². The first-order valence-corrected chi connectivity index (χ1v) is 9.42. The smallest absolute Gasteiger partial charge is 0.277 e. The molecule has 2 aromatic rings. The van der Waals surface area contributed by atoms with Crippen molar-refractivity contribution in [1.29, 1.82) is 0 Å². The summed E-state index contributed by atoms with van der Waals surface area (Å²) in [7, 11) is 1.61. The van der Waals surface area contributed by atoms with Crippen molar-refractivity contribution in [2.45, 2.75) is 25.5 Å². The number of amides is 1. The standard InChI is InChI=1S/C18H23N3O3S/c1-12-7-13(2)10-21(9-12)16(22)11-25-18-20-19-17(24-18)14-5-4-6-15(8-14)23-3/h4-6,8,12-13H,7,9-11H2,1-3H3/t12-,13-/m0/s1. The van der Waals surface area contributed by atoms with Crippen LogP contribution in [0.1, 0.15) is 20.3 Å². The summed E-state index contributed by atoms with van der Waals surface area (Å²) in [6, 6.07) is 7.44. The van der Waals surface area contributed by atoms with Gasteiger partial charge in [0.25, 0.3) is 5.22 Å². The Hall–Kier alpha value is -2.02. The number of likely N-dealkylation sites (tertiary alicyclic amines) is 1. The summed E-state index contributed by atoms with van der Waals surface area (Å²) in [6.45, 7) is 6.06. The van der Waals surface area contributed by atoms with Crippen LogP contribution in [0.25, 0.3) is 11.5 Å². The molecule has 2 atom stereocenters. The van der Waals surface area contributed by atoms with E-state index in [0.717, 1.165) is 24.4 Å². The first kappa shape index (κ1) is 17.8. The Morgan fingerprint density at radius 2 is 2.08 bits per heavy atom. The van der Waals surface area contributed by atoms with E-state index in [0.29, 0.717) is 28.7 Å². The van der Waals surface area contributed by atoms with Gasteiger partial charge in [-0.3, -0.25) is 4.79 Å². The van der Waals surface area contributed by atoms with Crippen LogP contribution in [0.5, 0.6) is 5.75 Å². The zero-order chi connectivity index (χ0) is 17.8. The number of aromatic nitrogens is 2. The van der Waals surface area contributed by atoms with Gasteiger partial charge in [0.05, 0.1) is 12.9 Å². The molecule has 0 aliphatic carbocycles. The van der Waals surface area contributed by atoms with Crippen LogP contribution in [0.4, 0.5) is 0 Å². The Balaban J connectivity index is 1.59. The van der Waals surface area contributed by atoms with Crippen molar-refractivity contribution in [3.63, 3.8) is 0 Å². The predicted molar refractivity (Wildman–Crippen MR) is 96.5 cm³/mol. The van der Waals surface area contributed by atoms with Crippen LogP contribution in [0.15, 0.2) is 33.9 Å². The molecule has 1 fully saturated rings. The number of piperidine rings is 1. The Morgan fingerprint density at radius 3 is 2.80 bits per heavy atom. The zero-order valence-electron chi connectivity index (χ0n) is 14.8. The SMILES string of the molecule is COc1cccc(-c2nnc(SCC(=O)N3C[C@@H](C)C[C@H](C)C3)o2)c1. The Morgan fingerprint density at radius 1 is 1.32 bits per heavy atom. The van der Waals surface area contributed by atoms with Crippen LogP contribution >= 0.6 is 11.8 Å². The Labute approximate surface area is 151 Å². The minimum Gasteiger partial charge on any atom is -0.497 e. The molecule has 1 aromatic carbocycles. The number of hydrogen-bond acceptors (Lipinski definition) is 6. The molecule has 1 aliphatic rings. The van der Waals surface area contributed by atoms with Gasteiger partial charge in [-0.05, 0) is 36.5 Å². The zero-order valence-corrected chi connectivity index (χ0v) is 15.6.